The third kappa shape index (κ3) is 5.59. The highest BCUT2D eigenvalue weighted by Gasteiger charge is 2.35. The van der Waals surface area contributed by atoms with Crippen LogP contribution in [0.5, 0.6) is 11.5 Å². The minimum Gasteiger partial charge on any atom is -0.491 e. The van der Waals surface area contributed by atoms with Gasteiger partial charge in [-0.3, -0.25) is 0 Å². The predicted molar refractivity (Wildman–Crippen MR) is 135 cm³/mol. The molecule has 1 aromatic carbocycles. The molecule has 0 spiro atoms. The Morgan fingerprint density at radius 3 is 2.56 bits per heavy atom. The van der Waals surface area contributed by atoms with Crippen molar-refractivity contribution >= 4 is 23.0 Å². The predicted octanol–water partition coefficient (Wildman–Crippen LogP) is 5.95. The molecule has 0 fully saturated rings. The van der Waals surface area contributed by atoms with Gasteiger partial charge < -0.3 is 19.5 Å². The fraction of sp³-hybridized carbons (Fsp3) is 0.538. The highest BCUT2D eigenvalue weighted by Crippen LogP contribution is 2.44. The van der Waals surface area contributed by atoms with Gasteiger partial charge in [-0.05, 0) is 95.7 Å². The minimum absolute atomic E-state index is 0.364. The van der Waals surface area contributed by atoms with Gasteiger partial charge in [0.2, 0.25) is 0 Å². The van der Waals surface area contributed by atoms with Crippen LogP contribution in [-0.4, -0.2) is 35.4 Å². The van der Waals surface area contributed by atoms with Crippen molar-refractivity contribution in [3.8, 4) is 11.5 Å². The van der Waals surface area contributed by atoms with E-state index in [2.05, 4.69) is 51.0 Å². The number of nitrogens with zero attached hydrogens (tertiary/aromatic N) is 1. The van der Waals surface area contributed by atoms with Crippen molar-refractivity contribution in [2.45, 2.75) is 73.3 Å². The van der Waals surface area contributed by atoms with E-state index in [1.165, 1.54) is 11.1 Å². The molecular formula is C26H36N2O3S. The van der Waals surface area contributed by atoms with Crippen molar-refractivity contribution in [1.82, 2.24) is 4.98 Å². The second-order valence-corrected chi connectivity index (χ2v) is 9.50. The molecular weight excluding hydrogens is 420 g/mol. The quantitative estimate of drug-likeness (QED) is 0.391. The van der Waals surface area contributed by atoms with Crippen molar-refractivity contribution in [1.29, 1.82) is 0 Å². The number of nitrogens with one attached hydrogen (secondary N) is 1. The number of anilines is 1. The second kappa shape index (κ2) is 10.2. The first-order chi connectivity index (χ1) is 15.1. The molecule has 1 aliphatic heterocycles. The maximum atomic E-state index is 6.64. The molecule has 2 aromatic rings. The van der Waals surface area contributed by atoms with E-state index in [1.807, 2.05) is 19.9 Å². The first-order valence-electron chi connectivity index (χ1n) is 11.4. The Morgan fingerprint density at radius 2 is 1.88 bits per heavy atom. The summed E-state index contributed by atoms with van der Waals surface area (Å²) >= 11 is 5.69. The summed E-state index contributed by atoms with van der Waals surface area (Å²) in [5, 5.41) is 3.31. The minimum atomic E-state index is -0.364. The molecule has 1 unspecified atom stereocenters. The number of fused-ring (bicyclic) bond motifs is 1. The van der Waals surface area contributed by atoms with Gasteiger partial charge >= 0.3 is 0 Å². The molecule has 0 bridgehead atoms. The molecule has 1 aliphatic rings. The average molecular weight is 457 g/mol. The van der Waals surface area contributed by atoms with E-state index >= 15 is 0 Å². The second-order valence-electron chi connectivity index (χ2n) is 9.01. The van der Waals surface area contributed by atoms with Gasteiger partial charge in [-0.2, -0.15) is 0 Å². The summed E-state index contributed by atoms with van der Waals surface area (Å²) in [6, 6.07) is 4.07. The Bertz CT molecular complexity index is 985. The van der Waals surface area contributed by atoms with Crippen molar-refractivity contribution in [2.75, 3.05) is 25.1 Å². The molecule has 0 saturated carbocycles. The fourth-order valence-corrected chi connectivity index (χ4v) is 4.81. The van der Waals surface area contributed by atoms with Crippen LogP contribution in [0.3, 0.4) is 0 Å². The summed E-state index contributed by atoms with van der Waals surface area (Å²) in [6.07, 6.45) is 2.47. The third-order valence-electron chi connectivity index (χ3n) is 6.14. The molecule has 1 N–H and O–H groups in total. The summed E-state index contributed by atoms with van der Waals surface area (Å²) < 4.78 is 18.2. The van der Waals surface area contributed by atoms with Crippen molar-refractivity contribution in [3.05, 3.63) is 45.6 Å². The Morgan fingerprint density at radius 1 is 1.12 bits per heavy atom. The summed E-state index contributed by atoms with van der Waals surface area (Å²) in [7, 11) is 0. The van der Waals surface area contributed by atoms with Crippen LogP contribution < -0.4 is 14.8 Å². The molecule has 0 radical (unpaired) electrons. The van der Waals surface area contributed by atoms with E-state index in [-0.39, 0.29) is 5.60 Å². The molecule has 0 aliphatic carbocycles. The number of ether oxygens (including phenoxy) is 3. The first-order valence-corrected chi connectivity index (χ1v) is 11.8. The lowest BCUT2D eigenvalue weighted by Crippen LogP contribution is -2.40. The van der Waals surface area contributed by atoms with Crippen LogP contribution in [-0.2, 0) is 11.2 Å². The summed E-state index contributed by atoms with van der Waals surface area (Å²) in [5.74, 6) is 2.74. The Labute approximate surface area is 197 Å². The summed E-state index contributed by atoms with van der Waals surface area (Å²) in [5.41, 5.74) is 6.45. The average Bonchev–Trinajstić information content (AvgIpc) is 2.70. The maximum absolute atomic E-state index is 6.64. The fourth-order valence-electron chi connectivity index (χ4n) is 4.40. The largest absolute Gasteiger partial charge is 0.491 e. The molecule has 6 heteroatoms. The number of benzene rings is 1. The lowest BCUT2D eigenvalue weighted by molar-refractivity contribution is 0.0712. The van der Waals surface area contributed by atoms with Crippen molar-refractivity contribution in [3.63, 3.8) is 0 Å². The van der Waals surface area contributed by atoms with Gasteiger partial charge in [0, 0.05) is 24.3 Å². The zero-order valence-corrected chi connectivity index (χ0v) is 21.3. The van der Waals surface area contributed by atoms with Crippen LogP contribution in [0.1, 0.15) is 60.2 Å². The number of pyridine rings is 1. The van der Waals surface area contributed by atoms with Crippen molar-refractivity contribution in [2.24, 2.45) is 0 Å². The van der Waals surface area contributed by atoms with Gasteiger partial charge in [-0.25, -0.2) is 4.98 Å². The van der Waals surface area contributed by atoms with E-state index in [1.54, 1.807) is 0 Å². The molecule has 1 aromatic heterocycles. The van der Waals surface area contributed by atoms with E-state index in [4.69, 9.17) is 26.4 Å². The van der Waals surface area contributed by atoms with Crippen LogP contribution >= 0.6 is 12.2 Å². The van der Waals surface area contributed by atoms with Gasteiger partial charge in [-0.1, -0.05) is 12.2 Å². The molecule has 174 valence electrons. The first kappa shape index (κ1) is 24.5. The van der Waals surface area contributed by atoms with Crippen molar-refractivity contribution < 1.29 is 14.2 Å². The zero-order chi connectivity index (χ0) is 23.5. The number of hydrogen-bond acceptors (Lipinski definition) is 5. The molecule has 0 saturated heterocycles. The highest BCUT2D eigenvalue weighted by molar-refractivity contribution is 7.80. The molecule has 1 atom stereocenters. The SMILES string of the molecule is CCOCCOc1c(C)c(C)c2c(c1C)CCC(C)(CC(=S)Nc1cc(C)cc(C)n1)O2. The summed E-state index contributed by atoms with van der Waals surface area (Å²) in [6.45, 7) is 16.4. The van der Waals surface area contributed by atoms with E-state index in [0.29, 0.717) is 26.2 Å². The van der Waals surface area contributed by atoms with Gasteiger partial charge in [0.05, 0.1) is 11.6 Å². The Kier molecular flexibility index (Phi) is 7.78. The van der Waals surface area contributed by atoms with Gasteiger partial charge in [0.25, 0.3) is 0 Å². The van der Waals surface area contributed by atoms with Crippen LogP contribution in [0, 0.1) is 34.6 Å². The number of thiocarbonyl (C=S) groups is 1. The Hall–Kier alpha value is -2.18. The number of hydrogen-bond donors (Lipinski definition) is 1. The third-order valence-corrected chi connectivity index (χ3v) is 6.39. The lowest BCUT2D eigenvalue weighted by atomic mass is 9.85. The van der Waals surface area contributed by atoms with Crippen LogP contribution in [0.25, 0.3) is 0 Å². The van der Waals surface area contributed by atoms with E-state index in [9.17, 15) is 0 Å². The van der Waals surface area contributed by atoms with E-state index < -0.39 is 0 Å². The maximum Gasteiger partial charge on any atom is 0.131 e. The van der Waals surface area contributed by atoms with Crippen LogP contribution in [0.15, 0.2) is 12.1 Å². The summed E-state index contributed by atoms with van der Waals surface area (Å²) in [4.78, 5) is 5.29. The smallest absolute Gasteiger partial charge is 0.131 e. The molecule has 5 nitrogen and oxygen atoms in total. The lowest BCUT2D eigenvalue weighted by Gasteiger charge is -2.38. The van der Waals surface area contributed by atoms with Crippen LogP contribution in [0.4, 0.5) is 5.82 Å². The molecule has 3 rings (SSSR count). The topological polar surface area (TPSA) is 52.6 Å². The number of rotatable bonds is 8. The van der Waals surface area contributed by atoms with E-state index in [0.717, 1.165) is 57.5 Å². The van der Waals surface area contributed by atoms with Crippen LogP contribution in [0.2, 0.25) is 0 Å². The van der Waals surface area contributed by atoms with Gasteiger partial charge in [0.1, 0.15) is 29.5 Å². The standard InChI is InChI=1S/C26H36N2O3S/c1-8-29-11-12-30-24-18(4)19(5)25-21(20(24)6)9-10-26(7,31-25)15-23(32)28-22-14-16(2)13-17(3)27-22/h13-14H,8-12,15H2,1-7H3,(H,27,28,32). The number of aromatic nitrogens is 1. The Balaban J connectivity index is 1.75. The number of aryl methyl sites for hydroxylation is 2. The zero-order valence-electron chi connectivity index (χ0n) is 20.5. The highest BCUT2D eigenvalue weighted by atomic mass is 32.1. The normalized spacial score (nSPS) is 17.5. The molecule has 0 amide bonds. The van der Waals surface area contributed by atoms with Gasteiger partial charge in [0.15, 0.2) is 0 Å². The molecule has 2 heterocycles. The van der Waals surface area contributed by atoms with Gasteiger partial charge in [-0.15, -0.1) is 0 Å². The molecule has 32 heavy (non-hydrogen) atoms. The monoisotopic (exact) mass is 456 g/mol.